The first kappa shape index (κ1) is 23.0. The molecule has 2 aliphatic rings. The van der Waals surface area contributed by atoms with Gasteiger partial charge in [-0.3, -0.25) is 9.59 Å². The zero-order chi connectivity index (χ0) is 24.4. The molecule has 2 aliphatic heterocycles. The summed E-state index contributed by atoms with van der Waals surface area (Å²) in [6, 6.07) is 22.8. The first-order valence-corrected chi connectivity index (χ1v) is 12.0. The Balaban J connectivity index is 1.39. The van der Waals surface area contributed by atoms with Crippen molar-refractivity contribution in [1.29, 1.82) is 0 Å². The molecule has 0 unspecified atom stereocenters. The van der Waals surface area contributed by atoms with E-state index in [1.807, 2.05) is 54.6 Å². The number of ketones is 1. The van der Waals surface area contributed by atoms with Crippen LogP contribution < -0.4 is 4.74 Å². The second-order valence-corrected chi connectivity index (χ2v) is 9.39. The van der Waals surface area contributed by atoms with Gasteiger partial charge in [-0.25, -0.2) is 9.40 Å². The Morgan fingerprint density at radius 1 is 1.06 bits per heavy atom. The predicted octanol–water partition coefficient (Wildman–Crippen LogP) is 5.26. The van der Waals surface area contributed by atoms with Crippen LogP contribution in [0.5, 0.6) is 5.75 Å². The minimum absolute atomic E-state index is 0.0154. The number of thioether (sulfide) groups is 1. The number of aliphatic imine (C=N–C) groups is 1. The van der Waals surface area contributed by atoms with E-state index in [4.69, 9.17) is 9.84 Å². The predicted molar refractivity (Wildman–Crippen MR) is 134 cm³/mol. The summed E-state index contributed by atoms with van der Waals surface area (Å²) in [6.07, 6.45) is 0.627. The molecular formula is C27H22FN3O3S. The molecule has 0 saturated heterocycles. The maximum atomic E-state index is 13.2. The van der Waals surface area contributed by atoms with Crippen LogP contribution >= 0.6 is 11.8 Å². The number of Topliss-reactive ketones (excluding diaryl/α,β-unsaturated/α-hetero) is 1. The van der Waals surface area contributed by atoms with Crippen molar-refractivity contribution in [2.45, 2.75) is 24.1 Å². The van der Waals surface area contributed by atoms with Gasteiger partial charge in [0.05, 0.1) is 18.9 Å². The van der Waals surface area contributed by atoms with Crippen molar-refractivity contribution < 1.29 is 18.7 Å². The molecule has 0 spiro atoms. The Kier molecular flexibility index (Phi) is 6.46. The van der Waals surface area contributed by atoms with E-state index in [-0.39, 0.29) is 24.2 Å². The zero-order valence-corrected chi connectivity index (χ0v) is 19.7. The number of amidine groups is 1. The van der Waals surface area contributed by atoms with Gasteiger partial charge >= 0.3 is 0 Å². The number of hydrogen-bond acceptors (Lipinski definition) is 6. The van der Waals surface area contributed by atoms with Crippen LogP contribution in [0.25, 0.3) is 0 Å². The van der Waals surface area contributed by atoms with Gasteiger partial charge in [-0.15, -0.1) is 0 Å². The van der Waals surface area contributed by atoms with Crippen LogP contribution in [0, 0.1) is 5.82 Å². The van der Waals surface area contributed by atoms with Crippen molar-refractivity contribution >= 4 is 34.3 Å². The van der Waals surface area contributed by atoms with Gasteiger partial charge in [-0.05, 0) is 47.5 Å². The third-order valence-electron chi connectivity index (χ3n) is 5.98. The molecule has 176 valence electrons. The van der Waals surface area contributed by atoms with E-state index in [1.54, 1.807) is 12.1 Å². The van der Waals surface area contributed by atoms with E-state index in [0.29, 0.717) is 17.2 Å². The molecule has 0 N–H and O–H groups in total. The lowest BCUT2D eigenvalue weighted by Crippen LogP contribution is -2.24. The van der Waals surface area contributed by atoms with Gasteiger partial charge in [-0.2, -0.15) is 10.1 Å². The van der Waals surface area contributed by atoms with E-state index >= 15 is 0 Å². The number of amides is 1. The third kappa shape index (κ3) is 4.88. The fourth-order valence-corrected chi connectivity index (χ4v) is 5.17. The number of halogens is 1. The van der Waals surface area contributed by atoms with Crippen molar-refractivity contribution in [3.05, 3.63) is 101 Å². The number of benzene rings is 3. The van der Waals surface area contributed by atoms with Crippen LogP contribution in [0.2, 0.25) is 0 Å². The maximum absolute atomic E-state index is 13.2. The molecule has 35 heavy (non-hydrogen) atoms. The lowest BCUT2D eigenvalue weighted by Gasteiger charge is -2.23. The Morgan fingerprint density at radius 2 is 1.77 bits per heavy atom. The molecule has 2 heterocycles. The van der Waals surface area contributed by atoms with Crippen molar-refractivity contribution in [2.75, 3.05) is 7.11 Å². The lowest BCUT2D eigenvalue weighted by atomic mass is 9.98. The normalized spacial score (nSPS) is 19.5. The molecule has 0 aliphatic carbocycles. The molecule has 6 nitrogen and oxygen atoms in total. The van der Waals surface area contributed by atoms with Gasteiger partial charge in [0, 0.05) is 18.4 Å². The number of rotatable bonds is 6. The highest BCUT2D eigenvalue weighted by Crippen LogP contribution is 2.39. The smallest absolute Gasteiger partial charge is 0.262 e. The molecule has 1 amide bonds. The van der Waals surface area contributed by atoms with E-state index < -0.39 is 11.1 Å². The van der Waals surface area contributed by atoms with Gasteiger partial charge < -0.3 is 4.74 Å². The van der Waals surface area contributed by atoms with Crippen LogP contribution in [-0.4, -0.2) is 39.9 Å². The van der Waals surface area contributed by atoms with Crippen LogP contribution in [0.4, 0.5) is 4.39 Å². The molecule has 0 saturated carbocycles. The van der Waals surface area contributed by atoms with Crippen LogP contribution in [0.3, 0.4) is 0 Å². The van der Waals surface area contributed by atoms with Gasteiger partial charge in [0.1, 0.15) is 16.8 Å². The highest BCUT2D eigenvalue weighted by atomic mass is 32.2. The number of hydrogen-bond donors (Lipinski definition) is 0. The minimum Gasteiger partial charge on any atom is -0.497 e. The summed E-state index contributed by atoms with van der Waals surface area (Å²) >= 11 is 1.25. The second kappa shape index (κ2) is 9.84. The van der Waals surface area contributed by atoms with Crippen LogP contribution in [0.15, 0.2) is 89.0 Å². The summed E-state index contributed by atoms with van der Waals surface area (Å²) in [7, 11) is 1.62. The number of carbonyl (C=O) groups is 2. The first-order valence-electron chi connectivity index (χ1n) is 11.2. The number of nitrogens with zero attached hydrogens (tertiary/aromatic N) is 3. The average molecular weight is 488 g/mol. The summed E-state index contributed by atoms with van der Waals surface area (Å²) in [5, 5.41) is 6.46. The second-order valence-electron chi connectivity index (χ2n) is 8.22. The van der Waals surface area contributed by atoms with E-state index in [9.17, 15) is 14.0 Å². The van der Waals surface area contributed by atoms with Crippen molar-refractivity contribution in [3.8, 4) is 5.75 Å². The fourth-order valence-electron chi connectivity index (χ4n) is 4.10. The quantitative estimate of drug-likeness (QED) is 0.444. The highest BCUT2D eigenvalue weighted by Gasteiger charge is 2.39. The summed E-state index contributed by atoms with van der Waals surface area (Å²) in [5.74, 6) is -0.250. The molecule has 3 aromatic carbocycles. The monoisotopic (exact) mass is 487 g/mol. The molecule has 0 radical (unpaired) electrons. The number of ether oxygens (including phenoxy) is 1. The average Bonchev–Trinajstić information content (AvgIpc) is 3.49. The Bertz CT molecular complexity index is 1310. The number of hydrazone groups is 1. The third-order valence-corrected chi connectivity index (χ3v) is 7.12. The van der Waals surface area contributed by atoms with Crippen LogP contribution in [-0.2, 0) is 4.79 Å². The molecule has 2 atom stereocenters. The van der Waals surface area contributed by atoms with E-state index in [2.05, 4.69) is 4.99 Å². The molecule has 5 rings (SSSR count). The summed E-state index contributed by atoms with van der Waals surface area (Å²) in [5.41, 5.74) is 3.29. The Labute approximate surface area is 206 Å². The number of methoxy groups -OCH3 is 1. The molecule has 0 bridgehead atoms. The van der Waals surface area contributed by atoms with Crippen molar-refractivity contribution in [3.63, 3.8) is 0 Å². The largest absolute Gasteiger partial charge is 0.497 e. The summed E-state index contributed by atoms with van der Waals surface area (Å²) < 4.78 is 18.5. The van der Waals surface area contributed by atoms with E-state index in [0.717, 1.165) is 22.6 Å². The molecule has 0 fully saturated rings. The molecule has 8 heteroatoms. The summed E-state index contributed by atoms with van der Waals surface area (Å²) in [6.45, 7) is 0. The summed E-state index contributed by atoms with van der Waals surface area (Å²) in [4.78, 5) is 29.7. The minimum atomic E-state index is -0.643. The SMILES string of the molecule is COc1ccc([C@@H]2CC(c3ccccc3)=NN2C2=NC(=O)[C@@H](CC(=O)c3ccc(F)cc3)S2)cc1. The van der Waals surface area contributed by atoms with Crippen molar-refractivity contribution in [2.24, 2.45) is 10.1 Å². The Hall–Kier alpha value is -3.78. The van der Waals surface area contributed by atoms with Gasteiger partial charge in [-0.1, -0.05) is 54.2 Å². The van der Waals surface area contributed by atoms with Gasteiger partial charge in [0.2, 0.25) is 0 Å². The van der Waals surface area contributed by atoms with Gasteiger partial charge in [0.15, 0.2) is 11.0 Å². The first-order chi connectivity index (χ1) is 17.0. The van der Waals surface area contributed by atoms with Crippen LogP contribution in [0.1, 0.15) is 40.4 Å². The zero-order valence-electron chi connectivity index (χ0n) is 18.9. The molecular weight excluding hydrogens is 465 g/mol. The van der Waals surface area contributed by atoms with E-state index in [1.165, 1.54) is 36.0 Å². The lowest BCUT2D eigenvalue weighted by molar-refractivity contribution is -0.117. The van der Waals surface area contributed by atoms with Crippen molar-refractivity contribution in [1.82, 2.24) is 5.01 Å². The fraction of sp³-hybridized carbons (Fsp3) is 0.185. The van der Waals surface area contributed by atoms with Gasteiger partial charge in [0.25, 0.3) is 5.91 Å². The molecule has 0 aromatic heterocycles. The highest BCUT2D eigenvalue weighted by molar-refractivity contribution is 8.15. The standard InChI is InChI=1S/C27H22FN3O3S/c1-34-21-13-9-18(10-14-21)23-15-22(17-5-3-2-4-6-17)30-31(23)27-29-26(33)25(35-27)16-24(32)19-7-11-20(28)12-8-19/h2-14,23,25H,15-16H2,1H3/t23-,25+/m0/s1. The topological polar surface area (TPSA) is 71.3 Å². The number of carbonyl (C=O) groups excluding carboxylic acids is 2. The molecule has 3 aromatic rings. The maximum Gasteiger partial charge on any atom is 0.262 e. The Morgan fingerprint density at radius 3 is 2.46 bits per heavy atom.